The number of aromatic nitrogens is 1. The van der Waals surface area contributed by atoms with Gasteiger partial charge in [-0.1, -0.05) is 23.5 Å². The first-order valence-corrected chi connectivity index (χ1v) is 4.86. The van der Waals surface area contributed by atoms with Gasteiger partial charge in [0.1, 0.15) is 0 Å². The number of nitrogen functional groups attached to an aromatic ring is 1. The van der Waals surface area contributed by atoms with Crippen LogP contribution >= 0.6 is 22.9 Å². The van der Waals surface area contributed by atoms with Crippen LogP contribution in [0.3, 0.4) is 0 Å². The summed E-state index contributed by atoms with van der Waals surface area (Å²) in [7, 11) is 0. The molecule has 0 radical (unpaired) electrons. The second-order valence-electron chi connectivity index (χ2n) is 2.45. The van der Waals surface area contributed by atoms with Gasteiger partial charge in [-0.25, -0.2) is 4.98 Å². The van der Waals surface area contributed by atoms with E-state index < -0.39 is 0 Å². The maximum Gasteiger partial charge on any atom is 0.181 e. The molecular weight excluding hydrogens is 192 g/mol. The molecule has 0 saturated carbocycles. The summed E-state index contributed by atoms with van der Waals surface area (Å²) in [6.07, 6.45) is 0. The number of nitrogens with zero attached hydrogens (tertiary/aromatic N) is 1. The molecule has 1 heterocycles. The van der Waals surface area contributed by atoms with Crippen molar-refractivity contribution in [2.45, 2.75) is 5.88 Å². The summed E-state index contributed by atoms with van der Waals surface area (Å²) in [4.78, 5) is 4.20. The first-order valence-electron chi connectivity index (χ1n) is 3.51. The van der Waals surface area contributed by atoms with E-state index in [1.807, 2.05) is 18.2 Å². The Balaban J connectivity index is 2.78. The van der Waals surface area contributed by atoms with Crippen molar-refractivity contribution in [2.75, 3.05) is 5.73 Å². The highest BCUT2D eigenvalue weighted by molar-refractivity contribution is 7.22. The van der Waals surface area contributed by atoms with Crippen molar-refractivity contribution in [3.63, 3.8) is 0 Å². The summed E-state index contributed by atoms with van der Waals surface area (Å²) in [6, 6.07) is 5.94. The van der Waals surface area contributed by atoms with E-state index in [1.54, 1.807) is 0 Å². The van der Waals surface area contributed by atoms with Crippen molar-refractivity contribution in [1.29, 1.82) is 0 Å². The number of thiazole rings is 1. The summed E-state index contributed by atoms with van der Waals surface area (Å²) >= 11 is 7.23. The molecule has 62 valence electrons. The van der Waals surface area contributed by atoms with Crippen LogP contribution in [0.1, 0.15) is 5.56 Å². The van der Waals surface area contributed by atoms with Gasteiger partial charge in [0.25, 0.3) is 0 Å². The number of rotatable bonds is 1. The second-order valence-corrected chi connectivity index (χ2v) is 3.78. The van der Waals surface area contributed by atoms with Crippen LogP contribution in [0, 0.1) is 0 Å². The Morgan fingerprint density at radius 1 is 1.50 bits per heavy atom. The van der Waals surface area contributed by atoms with Gasteiger partial charge in [-0.3, -0.25) is 0 Å². The van der Waals surface area contributed by atoms with Crippen LogP contribution in [0.4, 0.5) is 5.13 Å². The van der Waals surface area contributed by atoms with Gasteiger partial charge in [-0.2, -0.15) is 0 Å². The van der Waals surface area contributed by atoms with Crippen LogP contribution in [0.15, 0.2) is 18.2 Å². The largest absolute Gasteiger partial charge is 0.375 e. The summed E-state index contributed by atoms with van der Waals surface area (Å²) < 4.78 is 1.10. The van der Waals surface area contributed by atoms with Crippen LogP contribution in [0.25, 0.3) is 10.2 Å². The summed E-state index contributed by atoms with van der Waals surface area (Å²) in [5, 5.41) is 0.600. The van der Waals surface area contributed by atoms with Gasteiger partial charge in [0, 0.05) is 5.88 Å². The number of benzene rings is 1. The van der Waals surface area contributed by atoms with E-state index >= 15 is 0 Å². The molecule has 0 aliphatic heterocycles. The van der Waals surface area contributed by atoms with E-state index in [0.29, 0.717) is 11.0 Å². The lowest BCUT2D eigenvalue weighted by atomic mass is 10.2. The number of fused-ring (bicyclic) bond motifs is 1. The number of halogens is 1. The van der Waals surface area contributed by atoms with Crippen molar-refractivity contribution in [3.8, 4) is 0 Å². The lowest BCUT2D eigenvalue weighted by molar-refractivity contribution is 1.39. The molecule has 0 spiro atoms. The fourth-order valence-corrected chi connectivity index (χ4v) is 2.13. The predicted octanol–water partition coefficient (Wildman–Crippen LogP) is 2.62. The minimum absolute atomic E-state index is 0.487. The predicted molar refractivity (Wildman–Crippen MR) is 53.6 cm³/mol. The molecule has 4 heteroatoms. The lowest BCUT2D eigenvalue weighted by Crippen LogP contribution is -1.82. The molecule has 1 aromatic carbocycles. The molecule has 0 aliphatic carbocycles. The zero-order valence-corrected chi connectivity index (χ0v) is 7.82. The third-order valence-electron chi connectivity index (χ3n) is 1.66. The van der Waals surface area contributed by atoms with Crippen LogP contribution in [-0.2, 0) is 5.88 Å². The molecule has 12 heavy (non-hydrogen) atoms. The van der Waals surface area contributed by atoms with Crippen molar-refractivity contribution in [1.82, 2.24) is 4.98 Å². The smallest absolute Gasteiger partial charge is 0.181 e. The van der Waals surface area contributed by atoms with Gasteiger partial charge in [0.2, 0.25) is 0 Å². The Hall–Kier alpha value is -0.800. The number of alkyl halides is 1. The molecule has 2 N–H and O–H groups in total. The van der Waals surface area contributed by atoms with Gasteiger partial charge in [-0.15, -0.1) is 11.6 Å². The van der Waals surface area contributed by atoms with Crippen LogP contribution < -0.4 is 5.73 Å². The van der Waals surface area contributed by atoms with E-state index in [1.165, 1.54) is 11.3 Å². The molecule has 0 aliphatic rings. The van der Waals surface area contributed by atoms with E-state index in [4.69, 9.17) is 17.3 Å². The second kappa shape index (κ2) is 2.92. The maximum absolute atomic E-state index is 5.74. The standard InChI is InChI=1S/C8H7ClN2S/c9-4-5-2-1-3-6-7(5)11-8(10)12-6/h1-3H,4H2,(H2,10,11). The van der Waals surface area contributed by atoms with E-state index in [9.17, 15) is 0 Å². The zero-order chi connectivity index (χ0) is 8.55. The first kappa shape index (κ1) is 7.83. The van der Waals surface area contributed by atoms with Crippen LogP contribution in [-0.4, -0.2) is 4.98 Å². The minimum atomic E-state index is 0.487. The molecule has 0 saturated heterocycles. The maximum atomic E-state index is 5.74. The summed E-state index contributed by atoms with van der Waals surface area (Å²) in [5.74, 6) is 0.487. The highest BCUT2D eigenvalue weighted by atomic mass is 35.5. The van der Waals surface area contributed by atoms with Gasteiger partial charge >= 0.3 is 0 Å². The topological polar surface area (TPSA) is 38.9 Å². The number of nitrogens with two attached hydrogens (primary N) is 1. The monoisotopic (exact) mass is 198 g/mol. The van der Waals surface area contributed by atoms with Crippen molar-refractivity contribution in [2.24, 2.45) is 0 Å². The lowest BCUT2D eigenvalue weighted by Gasteiger charge is -1.93. The molecule has 0 unspecified atom stereocenters. The Morgan fingerprint density at radius 3 is 3.08 bits per heavy atom. The third kappa shape index (κ3) is 1.15. The Kier molecular flexibility index (Phi) is 1.90. The zero-order valence-electron chi connectivity index (χ0n) is 6.25. The highest BCUT2D eigenvalue weighted by Gasteiger charge is 2.04. The van der Waals surface area contributed by atoms with Crippen molar-refractivity contribution in [3.05, 3.63) is 23.8 Å². The number of anilines is 1. The quantitative estimate of drug-likeness (QED) is 0.716. The normalized spacial score (nSPS) is 10.8. The minimum Gasteiger partial charge on any atom is -0.375 e. The van der Waals surface area contributed by atoms with Crippen LogP contribution in [0.5, 0.6) is 0 Å². The Bertz CT molecular complexity index is 410. The van der Waals surface area contributed by atoms with Crippen LogP contribution in [0.2, 0.25) is 0 Å². The SMILES string of the molecule is Nc1nc2c(CCl)cccc2s1. The number of para-hydroxylation sites is 1. The molecule has 0 atom stereocenters. The van der Waals surface area contributed by atoms with E-state index in [2.05, 4.69) is 4.98 Å². The Morgan fingerprint density at radius 2 is 2.33 bits per heavy atom. The molecule has 2 aromatic rings. The Labute approximate surface area is 79.0 Å². The molecule has 2 nitrogen and oxygen atoms in total. The summed E-state index contributed by atoms with van der Waals surface area (Å²) in [5.41, 5.74) is 7.56. The van der Waals surface area contributed by atoms with Gasteiger partial charge in [0.15, 0.2) is 5.13 Å². The van der Waals surface area contributed by atoms with E-state index in [0.717, 1.165) is 15.8 Å². The average Bonchev–Trinajstić information content (AvgIpc) is 2.44. The molecule has 0 bridgehead atoms. The highest BCUT2D eigenvalue weighted by Crippen LogP contribution is 2.26. The molecular formula is C8H7ClN2S. The third-order valence-corrected chi connectivity index (χ3v) is 2.80. The molecule has 0 fully saturated rings. The van der Waals surface area contributed by atoms with Gasteiger partial charge in [0.05, 0.1) is 10.2 Å². The molecule has 1 aromatic heterocycles. The number of hydrogen-bond acceptors (Lipinski definition) is 3. The van der Waals surface area contributed by atoms with Gasteiger partial charge < -0.3 is 5.73 Å². The fourth-order valence-electron chi connectivity index (χ4n) is 1.13. The van der Waals surface area contributed by atoms with Crippen molar-refractivity contribution < 1.29 is 0 Å². The molecule has 2 rings (SSSR count). The average molecular weight is 199 g/mol. The van der Waals surface area contributed by atoms with Crippen molar-refractivity contribution >= 4 is 38.3 Å². The number of hydrogen-bond donors (Lipinski definition) is 1. The molecule has 0 amide bonds. The van der Waals surface area contributed by atoms with Gasteiger partial charge in [-0.05, 0) is 11.6 Å². The first-order chi connectivity index (χ1) is 5.81. The van der Waals surface area contributed by atoms with E-state index in [-0.39, 0.29) is 0 Å². The fraction of sp³-hybridized carbons (Fsp3) is 0.125. The summed E-state index contributed by atoms with van der Waals surface area (Å²) in [6.45, 7) is 0.